The number of alkyl halides is 3. The van der Waals surface area contributed by atoms with Gasteiger partial charge in [0.25, 0.3) is 9.84 Å². The van der Waals surface area contributed by atoms with Crippen LogP contribution in [-0.2, 0) is 9.84 Å². The number of hydrogen-bond donors (Lipinski definition) is 2. The van der Waals surface area contributed by atoms with Crippen molar-refractivity contribution in [2.75, 3.05) is 11.9 Å². The van der Waals surface area contributed by atoms with Gasteiger partial charge in [0.2, 0.25) is 0 Å². The molecule has 0 aromatic heterocycles. The average Bonchev–Trinajstić information content (AvgIpc) is 2.37. The van der Waals surface area contributed by atoms with Crippen LogP contribution < -0.4 is 11.1 Å². The summed E-state index contributed by atoms with van der Waals surface area (Å²) >= 11 is 0. The number of anilines is 1. The molecule has 4 nitrogen and oxygen atoms in total. The third-order valence-electron chi connectivity index (χ3n) is 3.10. The van der Waals surface area contributed by atoms with Crippen LogP contribution in [0.1, 0.15) is 20.3 Å². The molecule has 1 unspecified atom stereocenters. The first-order chi connectivity index (χ1) is 9.61. The fourth-order valence-corrected chi connectivity index (χ4v) is 2.82. The maximum Gasteiger partial charge on any atom is 0.501 e. The zero-order chi connectivity index (χ0) is 16.3. The summed E-state index contributed by atoms with van der Waals surface area (Å²) in [7, 11) is -5.39. The van der Waals surface area contributed by atoms with Gasteiger partial charge in [-0.05, 0) is 31.0 Å². The fraction of sp³-hybridized carbons (Fsp3) is 0.538. The molecule has 0 aliphatic carbocycles. The number of nitrogens with two attached hydrogens (primary N) is 1. The van der Waals surface area contributed by atoms with Gasteiger partial charge in [-0.2, -0.15) is 13.2 Å². The van der Waals surface area contributed by atoms with Crippen molar-refractivity contribution in [2.24, 2.45) is 11.7 Å². The first-order valence-corrected chi connectivity index (χ1v) is 7.96. The van der Waals surface area contributed by atoms with Crippen molar-refractivity contribution < 1.29 is 21.6 Å². The zero-order valence-electron chi connectivity index (χ0n) is 11.8. The molecule has 0 saturated carbocycles. The van der Waals surface area contributed by atoms with Crippen LogP contribution in [0.5, 0.6) is 0 Å². The highest BCUT2D eigenvalue weighted by Gasteiger charge is 2.48. The molecule has 0 fully saturated rings. The largest absolute Gasteiger partial charge is 0.501 e. The summed E-state index contributed by atoms with van der Waals surface area (Å²) in [5.74, 6) is 0.0928. The molecule has 8 heteroatoms. The molecule has 0 amide bonds. The molecular formula is C13H19F3N2O2S. The van der Waals surface area contributed by atoms with E-state index in [1.807, 2.05) is 13.8 Å². The minimum atomic E-state index is -5.39. The van der Waals surface area contributed by atoms with E-state index in [9.17, 15) is 21.6 Å². The van der Waals surface area contributed by atoms with Crippen LogP contribution in [0.2, 0.25) is 0 Å². The van der Waals surface area contributed by atoms with Gasteiger partial charge in [-0.1, -0.05) is 26.0 Å². The topological polar surface area (TPSA) is 72.2 Å². The molecule has 120 valence electrons. The SMILES string of the molecule is CC(C)C(CCN)Nc1ccccc1S(=O)(=O)C(F)(F)F. The van der Waals surface area contributed by atoms with Crippen LogP contribution in [0.3, 0.4) is 0 Å². The fourth-order valence-electron chi connectivity index (χ4n) is 1.90. The van der Waals surface area contributed by atoms with Gasteiger partial charge >= 0.3 is 5.51 Å². The van der Waals surface area contributed by atoms with E-state index in [2.05, 4.69) is 5.32 Å². The summed E-state index contributed by atoms with van der Waals surface area (Å²) in [5, 5.41) is 2.87. The zero-order valence-corrected chi connectivity index (χ0v) is 12.6. The number of sulfone groups is 1. The first kappa shape index (κ1) is 17.8. The molecule has 0 spiro atoms. The van der Waals surface area contributed by atoms with Crippen molar-refractivity contribution in [2.45, 2.75) is 36.7 Å². The van der Waals surface area contributed by atoms with Gasteiger partial charge in [-0.25, -0.2) is 8.42 Å². The molecule has 1 aromatic carbocycles. The van der Waals surface area contributed by atoms with Crippen molar-refractivity contribution in [3.8, 4) is 0 Å². The molecule has 3 N–H and O–H groups in total. The van der Waals surface area contributed by atoms with Crippen molar-refractivity contribution in [1.29, 1.82) is 0 Å². The van der Waals surface area contributed by atoms with Crippen molar-refractivity contribution in [1.82, 2.24) is 0 Å². The Bertz CT molecular complexity index is 571. The smallest absolute Gasteiger partial charge is 0.381 e. The lowest BCUT2D eigenvalue weighted by Crippen LogP contribution is -2.30. The first-order valence-electron chi connectivity index (χ1n) is 6.48. The molecular weight excluding hydrogens is 305 g/mol. The molecule has 0 heterocycles. The molecule has 0 bridgehead atoms. The number of nitrogens with one attached hydrogen (secondary N) is 1. The van der Waals surface area contributed by atoms with Gasteiger partial charge in [0.1, 0.15) is 0 Å². The predicted molar refractivity (Wildman–Crippen MR) is 75.6 cm³/mol. The maximum atomic E-state index is 12.7. The monoisotopic (exact) mass is 324 g/mol. The lowest BCUT2D eigenvalue weighted by atomic mass is 10.0. The second-order valence-corrected chi connectivity index (χ2v) is 6.93. The Morgan fingerprint density at radius 1 is 1.24 bits per heavy atom. The van der Waals surface area contributed by atoms with Crippen molar-refractivity contribution in [3.63, 3.8) is 0 Å². The predicted octanol–water partition coefficient (Wildman–Crippen LogP) is 2.77. The lowest BCUT2D eigenvalue weighted by molar-refractivity contribution is -0.0435. The van der Waals surface area contributed by atoms with Crippen molar-refractivity contribution in [3.05, 3.63) is 24.3 Å². The highest BCUT2D eigenvalue weighted by Crippen LogP contribution is 2.34. The molecule has 1 aromatic rings. The van der Waals surface area contributed by atoms with Gasteiger partial charge in [-0.3, -0.25) is 0 Å². The quantitative estimate of drug-likeness (QED) is 0.844. The lowest BCUT2D eigenvalue weighted by Gasteiger charge is -2.24. The van der Waals surface area contributed by atoms with E-state index in [0.29, 0.717) is 13.0 Å². The highest BCUT2D eigenvalue weighted by atomic mass is 32.2. The van der Waals surface area contributed by atoms with E-state index >= 15 is 0 Å². The van der Waals surface area contributed by atoms with E-state index in [1.54, 1.807) is 0 Å². The van der Waals surface area contributed by atoms with Crippen LogP contribution in [0, 0.1) is 5.92 Å². The Labute approximate surface area is 122 Å². The van der Waals surface area contributed by atoms with Gasteiger partial charge < -0.3 is 11.1 Å². The Morgan fingerprint density at radius 2 is 1.81 bits per heavy atom. The summed E-state index contributed by atoms with van der Waals surface area (Å²) in [6.45, 7) is 4.12. The van der Waals surface area contributed by atoms with E-state index in [0.717, 1.165) is 6.07 Å². The van der Waals surface area contributed by atoms with E-state index in [1.165, 1.54) is 18.2 Å². The summed E-state index contributed by atoms with van der Waals surface area (Å²) in [6, 6.07) is 4.81. The third-order valence-corrected chi connectivity index (χ3v) is 4.65. The van der Waals surface area contributed by atoms with Gasteiger partial charge in [0.15, 0.2) is 0 Å². The van der Waals surface area contributed by atoms with Crippen LogP contribution in [-0.4, -0.2) is 26.5 Å². The Kier molecular flexibility index (Phi) is 5.63. The number of rotatable bonds is 6. The molecule has 1 atom stereocenters. The van der Waals surface area contributed by atoms with E-state index < -0.39 is 20.2 Å². The molecule has 0 radical (unpaired) electrons. The molecule has 0 aliphatic heterocycles. The van der Waals surface area contributed by atoms with E-state index in [4.69, 9.17) is 5.73 Å². The van der Waals surface area contributed by atoms with Gasteiger partial charge in [0.05, 0.1) is 10.6 Å². The van der Waals surface area contributed by atoms with E-state index in [-0.39, 0.29) is 17.6 Å². The minimum Gasteiger partial charge on any atom is -0.381 e. The third kappa shape index (κ3) is 4.10. The Morgan fingerprint density at radius 3 is 2.29 bits per heavy atom. The van der Waals surface area contributed by atoms with Gasteiger partial charge in [0, 0.05) is 6.04 Å². The summed E-state index contributed by atoms with van der Waals surface area (Å²) in [5.41, 5.74) is 0.0946. The summed E-state index contributed by atoms with van der Waals surface area (Å²) in [4.78, 5) is -0.764. The number of halogens is 3. The number of hydrogen-bond acceptors (Lipinski definition) is 4. The Hall–Kier alpha value is -1.28. The molecule has 1 rings (SSSR count). The van der Waals surface area contributed by atoms with Crippen LogP contribution in [0.25, 0.3) is 0 Å². The van der Waals surface area contributed by atoms with Gasteiger partial charge in [-0.15, -0.1) is 0 Å². The van der Waals surface area contributed by atoms with Crippen LogP contribution in [0.4, 0.5) is 18.9 Å². The van der Waals surface area contributed by atoms with Crippen LogP contribution >= 0.6 is 0 Å². The Balaban J connectivity index is 3.22. The average molecular weight is 324 g/mol. The molecule has 0 saturated heterocycles. The molecule has 0 aliphatic rings. The number of para-hydroxylation sites is 1. The normalized spacial score (nSPS) is 14.2. The maximum absolute atomic E-state index is 12.7. The van der Waals surface area contributed by atoms with Crippen LogP contribution in [0.15, 0.2) is 29.2 Å². The summed E-state index contributed by atoms with van der Waals surface area (Å²) < 4.78 is 61.3. The highest BCUT2D eigenvalue weighted by molar-refractivity contribution is 7.92. The second kappa shape index (κ2) is 6.65. The standard InChI is InChI=1S/C13H19F3N2O2S/c1-9(2)10(7-8-17)18-11-5-3-4-6-12(11)21(19,20)13(14,15)16/h3-6,9-10,18H,7-8,17H2,1-2H3. The second-order valence-electron chi connectivity index (χ2n) is 5.02. The number of benzene rings is 1. The minimum absolute atomic E-state index is 0.0537. The summed E-state index contributed by atoms with van der Waals surface area (Å²) in [6.07, 6.45) is 0.526. The van der Waals surface area contributed by atoms with Crippen molar-refractivity contribution >= 4 is 15.5 Å². The molecule has 21 heavy (non-hydrogen) atoms.